The van der Waals surface area contributed by atoms with Crippen molar-refractivity contribution in [2.24, 2.45) is 0 Å². The minimum Gasteiger partial charge on any atom is -0.343 e. The van der Waals surface area contributed by atoms with Crippen molar-refractivity contribution in [3.05, 3.63) is 49.7 Å². The van der Waals surface area contributed by atoms with Crippen molar-refractivity contribution in [1.29, 1.82) is 0 Å². The van der Waals surface area contributed by atoms with Gasteiger partial charge >= 0.3 is 23.1 Å². The van der Waals surface area contributed by atoms with Crippen LogP contribution >= 0.6 is 12.4 Å². The molecule has 0 aliphatic heterocycles. The van der Waals surface area contributed by atoms with Gasteiger partial charge in [-0.1, -0.05) is 19.4 Å². The molecule has 3 heteroatoms. The van der Waals surface area contributed by atoms with Gasteiger partial charge in [0.2, 0.25) is 0 Å². The molecule has 0 aliphatic rings. The quantitative estimate of drug-likeness (QED) is 0.521. The predicted molar refractivity (Wildman–Crippen MR) is 74.1 cm³/mol. The monoisotopic (exact) mass is 238 g/mol. The fourth-order valence-corrected chi connectivity index (χ4v) is 0.478. The maximum atomic E-state index is 3.72. The Balaban J connectivity index is -0.0000000650. The Kier molecular flexibility index (Phi) is 33.2. The summed E-state index contributed by atoms with van der Waals surface area (Å²) in [6, 6.07) is 9.87. The van der Waals surface area contributed by atoms with E-state index in [9.17, 15) is 0 Å². The maximum Gasteiger partial charge on any atom is 2.00 e. The Morgan fingerprint density at radius 3 is 1.64 bits per heavy atom. The molecule has 0 spiro atoms. The molecule has 0 amide bonds. The maximum absolute atomic E-state index is 3.72. The van der Waals surface area contributed by atoms with Crippen molar-refractivity contribution in [1.82, 2.24) is 0 Å². The zero-order valence-corrected chi connectivity index (χ0v) is 10.6. The Bertz CT molecular complexity index is 166. The summed E-state index contributed by atoms with van der Waals surface area (Å²) in [5, 5.41) is 0. The minimum absolute atomic E-state index is 0. The first-order valence-electron chi connectivity index (χ1n) is 3.97. The van der Waals surface area contributed by atoms with Crippen molar-refractivity contribution in [3.8, 4) is 0 Å². The van der Waals surface area contributed by atoms with E-state index >= 15 is 0 Å². The Hall–Kier alpha value is 0.679. The molecule has 1 aromatic rings. The zero-order chi connectivity index (χ0) is 8.53. The van der Waals surface area contributed by atoms with Crippen LogP contribution in [0.3, 0.4) is 0 Å². The average molecular weight is 239 g/mol. The van der Waals surface area contributed by atoms with Crippen molar-refractivity contribution >= 4 is 52.8 Å². The fraction of sp³-hybridized carbons (Fsp3) is 0.273. The standard InChI is InChI=1S/C7H7.C4H9.Al.ClH.Mg.3H/c1-7-5-3-2-4-6-7;1-3-4-2;;;;;;/h2-6H,1H2;1,3-4H2,2H3;;1H;;;;/q2*-1;;;+2;;;. The molecule has 0 fully saturated rings. The van der Waals surface area contributed by atoms with Gasteiger partial charge in [-0.05, 0) is 0 Å². The van der Waals surface area contributed by atoms with Gasteiger partial charge in [0.15, 0.2) is 17.4 Å². The molecule has 0 nitrogen and oxygen atoms in total. The molecule has 14 heavy (non-hydrogen) atoms. The summed E-state index contributed by atoms with van der Waals surface area (Å²) in [5.74, 6) is 0. The second-order valence-electron chi connectivity index (χ2n) is 2.34. The first kappa shape index (κ1) is 24.1. The van der Waals surface area contributed by atoms with Crippen LogP contribution in [-0.2, 0) is 0 Å². The van der Waals surface area contributed by atoms with Crippen LogP contribution in [0.1, 0.15) is 25.3 Å². The van der Waals surface area contributed by atoms with E-state index in [0.717, 1.165) is 12.0 Å². The van der Waals surface area contributed by atoms with Gasteiger partial charge in [0.05, 0.1) is 0 Å². The number of hydrogen-bond acceptors (Lipinski definition) is 0. The van der Waals surface area contributed by atoms with Gasteiger partial charge in [0.1, 0.15) is 0 Å². The first-order valence-corrected chi connectivity index (χ1v) is 3.97. The van der Waals surface area contributed by atoms with Gasteiger partial charge < -0.3 is 6.92 Å². The normalized spacial score (nSPS) is 6.43. The third-order valence-electron chi connectivity index (χ3n) is 1.20. The molecule has 0 bridgehead atoms. The Morgan fingerprint density at radius 2 is 1.50 bits per heavy atom. The van der Waals surface area contributed by atoms with E-state index in [4.69, 9.17) is 0 Å². The fourth-order valence-electron chi connectivity index (χ4n) is 0.478. The third kappa shape index (κ3) is 18.5. The molecule has 1 aromatic carbocycles. The van der Waals surface area contributed by atoms with Gasteiger partial charge in [0, 0.05) is 0 Å². The summed E-state index contributed by atoms with van der Waals surface area (Å²) >= 11 is 0. The summed E-state index contributed by atoms with van der Waals surface area (Å²) in [5.41, 5.74) is 1.07. The second-order valence-corrected chi connectivity index (χ2v) is 2.34. The van der Waals surface area contributed by atoms with E-state index in [0.29, 0.717) is 0 Å². The summed E-state index contributed by atoms with van der Waals surface area (Å²) in [6.45, 7) is 9.44. The number of hydrogen-bond donors (Lipinski definition) is 0. The van der Waals surface area contributed by atoms with Crippen LogP contribution in [0.25, 0.3) is 0 Å². The smallest absolute Gasteiger partial charge is 0.343 e. The molecule has 0 heterocycles. The molecule has 1 rings (SSSR count). The second kappa shape index (κ2) is 19.3. The number of unbranched alkanes of at least 4 members (excludes halogenated alkanes) is 1. The molecule has 0 saturated heterocycles. The number of halogens is 1. The summed E-state index contributed by atoms with van der Waals surface area (Å²) < 4.78 is 0. The van der Waals surface area contributed by atoms with E-state index < -0.39 is 0 Å². The Morgan fingerprint density at radius 1 is 1.14 bits per heavy atom. The van der Waals surface area contributed by atoms with E-state index in [1.165, 1.54) is 6.42 Å². The molecule has 0 unspecified atom stereocenters. The SMILES string of the molecule is Cl.[AlH3].[CH2-]CCC.[CH2-]c1ccccc1.[Mg+2]. The van der Waals surface area contributed by atoms with E-state index in [-0.39, 0.29) is 52.8 Å². The van der Waals surface area contributed by atoms with Crippen LogP contribution in [0.5, 0.6) is 0 Å². The summed E-state index contributed by atoms with van der Waals surface area (Å²) in [7, 11) is 0. The molecular formula is C11H20AlClMg. The molecule has 0 saturated carbocycles. The molecule has 0 N–H and O–H groups in total. The molecule has 76 valence electrons. The van der Waals surface area contributed by atoms with E-state index in [1.807, 2.05) is 30.3 Å². The van der Waals surface area contributed by atoms with Gasteiger partial charge in [-0.15, -0.1) is 24.5 Å². The van der Waals surface area contributed by atoms with Crippen LogP contribution in [0.15, 0.2) is 30.3 Å². The number of benzene rings is 1. The van der Waals surface area contributed by atoms with Gasteiger partial charge in [0.25, 0.3) is 0 Å². The summed E-state index contributed by atoms with van der Waals surface area (Å²) in [4.78, 5) is 0. The van der Waals surface area contributed by atoms with Crippen molar-refractivity contribution in [3.63, 3.8) is 0 Å². The molecule has 0 aromatic heterocycles. The largest absolute Gasteiger partial charge is 2.00 e. The molecular weight excluding hydrogens is 219 g/mol. The number of rotatable bonds is 1. The van der Waals surface area contributed by atoms with Crippen LogP contribution in [-0.4, -0.2) is 40.4 Å². The average Bonchev–Trinajstić information content (AvgIpc) is 2.07. The van der Waals surface area contributed by atoms with Crippen LogP contribution in [0.4, 0.5) is 0 Å². The van der Waals surface area contributed by atoms with Gasteiger partial charge in [-0.3, -0.25) is 0 Å². The van der Waals surface area contributed by atoms with E-state index in [2.05, 4.69) is 20.8 Å². The van der Waals surface area contributed by atoms with Gasteiger partial charge in [-0.2, -0.15) is 31.0 Å². The third-order valence-corrected chi connectivity index (χ3v) is 1.20. The van der Waals surface area contributed by atoms with Crippen molar-refractivity contribution in [2.45, 2.75) is 19.8 Å². The van der Waals surface area contributed by atoms with Crippen LogP contribution < -0.4 is 0 Å². The van der Waals surface area contributed by atoms with Gasteiger partial charge in [-0.25, -0.2) is 0 Å². The molecule has 0 aliphatic carbocycles. The van der Waals surface area contributed by atoms with Crippen molar-refractivity contribution in [2.75, 3.05) is 0 Å². The molecule has 0 radical (unpaired) electrons. The van der Waals surface area contributed by atoms with Crippen molar-refractivity contribution < 1.29 is 0 Å². The Labute approximate surface area is 122 Å². The summed E-state index contributed by atoms with van der Waals surface area (Å²) in [6.07, 6.45) is 2.28. The zero-order valence-electron chi connectivity index (χ0n) is 8.33. The van der Waals surface area contributed by atoms with Crippen LogP contribution in [0, 0.1) is 13.8 Å². The van der Waals surface area contributed by atoms with Crippen LogP contribution in [0.2, 0.25) is 0 Å². The first-order chi connectivity index (χ1) is 5.31. The van der Waals surface area contributed by atoms with E-state index in [1.54, 1.807) is 0 Å². The topological polar surface area (TPSA) is 0 Å². The predicted octanol–water partition coefficient (Wildman–Crippen LogP) is 2.35. The molecule has 0 atom stereocenters. The minimum atomic E-state index is 0.